The van der Waals surface area contributed by atoms with Gasteiger partial charge in [-0.1, -0.05) is 24.3 Å². The number of fused-ring (bicyclic) bond motifs is 1. The van der Waals surface area contributed by atoms with Gasteiger partial charge in [-0.05, 0) is 62.4 Å². The first-order valence-corrected chi connectivity index (χ1v) is 12.2. The average Bonchev–Trinajstić information content (AvgIpc) is 3.34. The van der Waals surface area contributed by atoms with Gasteiger partial charge in [0.25, 0.3) is 5.56 Å². The maximum Gasteiger partial charge on any atom is 0.294 e. The molecule has 9 heteroatoms. The molecule has 2 aromatic carbocycles. The van der Waals surface area contributed by atoms with E-state index in [0.29, 0.717) is 5.69 Å². The SMILES string of the molecule is CN[C@@H](C)C(=O)Nc1ncc(-c2ccccc2C)n(Cc2cncc(-n3ccc4cc(F)ccc43)c2)c1=O. The van der Waals surface area contributed by atoms with E-state index in [-0.39, 0.29) is 24.1 Å². The molecule has 2 N–H and O–H groups in total. The Kier molecular flexibility index (Phi) is 6.85. The fourth-order valence-electron chi connectivity index (χ4n) is 4.38. The van der Waals surface area contributed by atoms with Gasteiger partial charge in [0.2, 0.25) is 5.91 Å². The van der Waals surface area contributed by atoms with E-state index in [1.54, 1.807) is 43.2 Å². The quantitative estimate of drug-likeness (QED) is 0.341. The lowest BCUT2D eigenvalue weighted by atomic mass is 10.1. The number of aryl methyl sites for hydroxylation is 1. The molecule has 1 atom stereocenters. The first kappa shape index (κ1) is 25.0. The Labute approximate surface area is 218 Å². The van der Waals surface area contributed by atoms with E-state index < -0.39 is 11.6 Å². The Morgan fingerprint density at radius 2 is 1.89 bits per heavy atom. The summed E-state index contributed by atoms with van der Waals surface area (Å²) >= 11 is 0. The zero-order chi connectivity index (χ0) is 26.8. The minimum Gasteiger partial charge on any atom is -0.315 e. The topological polar surface area (TPSA) is 93.8 Å². The summed E-state index contributed by atoms with van der Waals surface area (Å²) in [6.07, 6.45) is 6.88. The van der Waals surface area contributed by atoms with Crippen LogP contribution < -0.4 is 16.2 Å². The highest BCUT2D eigenvalue weighted by Crippen LogP contribution is 2.25. The first-order chi connectivity index (χ1) is 18.4. The molecule has 0 aliphatic heterocycles. The number of rotatable bonds is 7. The standard InChI is InChI=1S/C29H27FN6O2/c1-18-6-4-5-7-24(18)26-16-33-27(34-28(37)19(2)31-3)29(38)36(26)17-20-12-23(15-32-14-20)35-11-10-21-13-22(30)8-9-25(21)35/h4-16,19,31H,17H2,1-3H3,(H,33,34,37)/t19-/m0/s1. The molecule has 5 rings (SSSR count). The number of hydrogen-bond acceptors (Lipinski definition) is 5. The Balaban J connectivity index is 1.58. The molecule has 0 aliphatic carbocycles. The summed E-state index contributed by atoms with van der Waals surface area (Å²) in [5.41, 5.74) is 4.45. The molecular formula is C29H27FN6O2. The van der Waals surface area contributed by atoms with Crippen LogP contribution >= 0.6 is 0 Å². The molecule has 0 aliphatic rings. The summed E-state index contributed by atoms with van der Waals surface area (Å²) in [5.74, 6) is -0.696. The van der Waals surface area contributed by atoms with E-state index >= 15 is 0 Å². The van der Waals surface area contributed by atoms with Crippen molar-refractivity contribution in [3.63, 3.8) is 0 Å². The lowest BCUT2D eigenvalue weighted by Gasteiger charge is -2.17. The second-order valence-corrected chi connectivity index (χ2v) is 9.14. The average molecular weight is 511 g/mol. The lowest BCUT2D eigenvalue weighted by molar-refractivity contribution is -0.117. The predicted octanol–water partition coefficient (Wildman–Crippen LogP) is 4.29. The molecule has 0 bridgehead atoms. The highest BCUT2D eigenvalue weighted by Gasteiger charge is 2.18. The van der Waals surface area contributed by atoms with E-state index in [1.807, 2.05) is 54.1 Å². The molecule has 0 fully saturated rings. The van der Waals surface area contributed by atoms with Gasteiger partial charge in [0.05, 0.1) is 41.9 Å². The number of halogens is 1. The van der Waals surface area contributed by atoms with Crippen LogP contribution in [-0.2, 0) is 11.3 Å². The molecule has 0 saturated carbocycles. The summed E-state index contributed by atoms with van der Waals surface area (Å²) < 4.78 is 17.2. The number of benzene rings is 2. The number of anilines is 1. The predicted molar refractivity (Wildman–Crippen MR) is 146 cm³/mol. The number of pyridine rings is 1. The third kappa shape index (κ3) is 4.83. The van der Waals surface area contributed by atoms with Crippen molar-refractivity contribution in [1.82, 2.24) is 24.4 Å². The summed E-state index contributed by atoms with van der Waals surface area (Å²) in [4.78, 5) is 34.9. The molecule has 0 saturated heterocycles. The Morgan fingerprint density at radius 1 is 1.08 bits per heavy atom. The van der Waals surface area contributed by atoms with E-state index in [0.717, 1.165) is 33.3 Å². The molecule has 0 unspecified atom stereocenters. The molecule has 8 nitrogen and oxygen atoms in total. The van der Waals surface area contributed by atoms with E-state index in [9.17, 15) is 14.0 Å². The minimum absolute atomic E-state index is 0.0445. The van der Waals surface area contributed by atoms with Crippen LogP contribution in [0, 0.1) is 12.7 Å². The Hall–Kier alpha value is -4.63. The first-order valence-electron chi connectivity index (χ1n) is 12.2. The van der Waals surface area contributed by atoms with Gasteiger partial charge in [0.15, 0.2) is 5.82 Å². The number of nitrogens with zero attached hydrogens (tertiary/aromatic N) is 4. The van der Waals surface area contributed by atoms with Crippen molar-refractivity contribution in [3.8, 4) is 16.9 Å². The maximum absolute atomic E-state index is 13.7. The van der Waals surface area contributed by atoms with E-state index in [2.05, 4.69) is 20.6 Å². The molecule has 1 amide bonds. The van der Waals surface area contributed by atoms with Crippen molar-refractivity contribution in [2.24, 2.45) is 0 Å². The van der Waals surface area contributed by atoms with E-state index in [1.165, 1.54) is 12.1 Å². The molecule has 3 heterocycles. The van der Waals surface area contributed by atoms with Crippen molar-refractivity contribution in [2.45, 2.75) is 26.4 Å². The second kappa shape index (κ2) is 10.4. The van der Waals surface area contributed by atoms with Gasteiger partial charge in [-0.2, -0.15) is 0 Å². The zero-order valence-electron chi connectivity index (χ0n) is 21.3. The second-order valence-electron chi connectivity index (χ2n) is 9.14. The Bertz CT molecular complexity index is 1710. The van der Waals surface area contributed by atoms with Gasteiger partial charge in [0.1, 0.15) is 5.82 Å². The highest BCUT2D eigenvalue weighted by molar-refractivity contribution is 5.93. The maximum atomic E-state index is 13.7. The van der Waals surface area contributed by atoms with Crippen LogP contribution in [0.25, 0.3) is 27.8 Å². The Morgan fingerprint density at radius 3 is 2.68 bits per heavy atom. The molecule has 0 spiro atoms. The van der Waals surface area contributed by atoms with Crippen LogP contribution in [0.3, 0.4) is 0 Å². The summed E-state index contributed by atoms with van der Waals surface area (Å²) in [7, 11) is 1.67. The van der Waals surface area contributed by atoms with Crippen LogP contribution in [-0.4, -0.2) is 38.1 Å². The normalized spacial score (nSPS) is 12.0. The number of carbonyl (C=O) groups is 1. The van der Waals surface area contributed by atoms with Gasteiger partial charge in [-0.3, -0.25) is 19.1 Å². The van der Waals surface area contributed by atoms with Crippen LogP contribution in [0.15, 0.2) is 84.2 Å². The van der Waals surface area contributed by atoms with Crippen LogP contribution in [0.4, 0.5) is 10.2 Å². The highest BCUT2D eigenvalue weighted by atomic mass is 19.1. The third-order valence-electron chi connectivity index (χ3n) is 6.59. The smallest absolute Gasteiger partial charge is 0.294 e. The molecule has 0 radical (unpaired) electrons. The summed E-state index contributed by atoms with van der Waals surface area (Å²) in [5, 5.41) is 6.28. The van der Waals surface area contributed by atoms with Gasteiger partial charge in [-0.25, -0.2) is 9.37 Å². The van der Waals surface area contributed by atoms with Crippen LogP contribution in [0.2, 0.25) is 0 Å². The third-order valence-corrected chi connectivity index (χ3v) is 6.59. The summed E-state index contributed by atoms with van der Waals surface area (Å²) in [6.45, 7) is 3.87. The van der Waals surface area contributed by atoms with Gasteiger partial charge >= 0.3 is 0 Å². The van der Waals surface area contributed by atoms with Crippen molar-refractivity contribution < 1.29 is 9.18 Å². The van der Waals surface area contributed by atoms with Crippen molar-refractivity contribution in [1.29, 1.82) is 0 Å². The van der Waals surface area contributed by atoms with Gasteiger partial charge in [-0.15, -0.1) is 0 Å². The number of carbonyl (C=O) groups excluding carboxylic acids is 1. The van der Waals surface area contributed by atoms with Crippen molar-refractivity contribution in [3.05, 3.63) is 107 Å². The van der Waals surface area contributed by atoms with Gasteiger partial charge < -0.3 is 15.2 Å². The minimum atomic E-state index is -0.494. The van der Waals surface area contributed by atoms with Crippen LogP contribution in [0.1, 0.15) is 18.1 Å². The summed E-state index contributed by atoms with van der Waals surface area (Å²) in [6, 6.07) is 15.7. The molecule has 192 valence electrons. The fraction of sp³-hybridized carbons (Fsp3) is 0.172. The van der Waals surface area contributed by atoms with E-state index in [4.69, 9.17) is 0 Å². The molecule has 5 aromatic rings. The molecular weight excluding hydrogens is 483 g/mol. The monoisotopic (exact) mass is 510 g/mol. The number of aromatic nitrogens is 4. The largest absolute Gasteiger partial charge is 0.315 e. The van der Waals surface area contributed by atoms with Crippen molar-refractivity contribution in [2.75, 3.05) is 12.4 Å². The van der Waals surface area contributed by atoms with Crippen LogP contribution in [0.5, 0.6) is 0 Å². The number of hydrogen-bond donors (Lipinski definition) is 2. The molecule has 38 heavy (non-hydrogen) atoms. The number of nitrogens with one attached hydrogen (secondary N) is 2. The van der Waals surface area contributed by atoms with Crippen molar-refractivity contribution >= 4 is 22.6 Å². The zero-order valence-corrected chi connectivity index (χ0v) is 21.3. The number of likely N-dealkylation sites (N-methyl/N-ethyl adjacent to an activating group) is 1. The fourth-order valence-corrected chi connectivity index (χ4v) is 4.38. The van der Waals surface area contributed by atoms with Gasteiger partial charge in [0, 0.05) is 23.3 Å². The number of amides is 1. The molecule has 3 aromatic heterocycles. The lowest BCUT2D eigenvalue weighted by Crippen LogP contribution is -2.38.